The Labute approximate surface area is 230 Å². The van der Waals surface area contributed by atoms with Crippen LogP contribution in [0.25, 0.3) is 0 Å². The van der Waals surface area contributed by atoms with Crippen molar-refractivity contribution in [2.24, 2.45) is 0 Å². The van der Waals surface area contributed by atoms with Gasteiger partial charge in [0.25, 0.3) is 0 Å². The van der Waals surface area contributed by atoms with Crippen LogP contribution in [0, 0.1) is 0 Å². The minimum absolute atomic E-state index is 0.127. The number of allylic oxidation sites excluding steroid dienone is 1. The molecule has 0 spiro atoms. The second-order valence-electron chi connectivity index (χ2n) is 8.90. The van der Waals surface area contributed by atoms with Crippen LogP contribution in [0.15, 0.2) is 91.0 Å². The summed E-state index contributed by atoms with van der Waals surface area (Å²) in [5, 5.41) is 8.67. The first-order chi connectivity index (χ1) is 19.0. The second-order valence-corrected chi connectivity index (χ2v) is 8.90. The zero-order valence-corrected chi connectivity index (χ0v) is 22.5. The molecule has 0 unspecified atom stereocenters. The lowest BCUT2D eigenvalue weighted by molar-refractivity contribution is -0.143. The maximum Gasteiger partial charge on any atom is 0.306 e. The number of rotatable bonds is 16. The van der Waals surface area contributed by atoms with Gasteiger partial charge >= 0.3 is 11.9 Å². The number of hydrogen-bond donors (Lipinski definition) is 1. The highest BCUT2D eigenvalue weighted by Gasteiger charge is 2.37. The number of unbranched alkanes of at least 4 members (excludes halogenated alkanes) is 1. The van der Waals surface area contributed by atoms with Gasteiger partial charge in [-0.05, 0) is 60.2 Å². The molecule has 0 aliphatic heterocycles. The summed E-state index contributed by atoms with van der Waals surface area (Å²) < 4.78 is 22.8. The van der Waals surface area contributed by atoms with Crippen molar-refractivity contribution < 1.29 is 33.6 Å². The quantitative estimate of drug-likeness (QED) is 0.102. The molecule has 0 saturated carbocycles. The normalized spacial score (nSPS) is 11.3. The van der Waals surface area contributed by atoms with Crippen molar-refractivity contribution >= 4 is 11.9 Å². The summed E-state index contributed by atoms with van der Waals surface area (Å²) in [5.41, 5.74) is 1.88. The number of esters is 1. The molecule has 0 fully saturated rings. The highest BCUT2D eigenvalue weighted by Crippen LogP contribution is 2.41. The van der Waals surface area contributed by atoms with E-state index in [2.05, 4.69) is 0 Å². The number of carboxylic acid groups (broad SMARTS) is 1. The standard InChI is InChI=1S/C32H36O7/c1-36-28-19-15-26(16-20-28)32(25-11-6-5-7-12-25,27-17-21-29(37-2)22-18-27)39-24-10-14-31(35)38-23-9-4-3-8-13-30(33)34/h4-7,9,11-12,15-22H,3,8,10,13-14,23-24H2,1-2H3,(H,33,34)/b9-4+. The number of ether oxygens (including phenoxy) is 4. The lowest BCUT2D eigenvalue weighted by Crippen LogP contribution is -2.33. The van der Waals surface area contributed by atoms with E-state index in [-0.39, 0.29) is 25.4 Å². The molecule has 0 bridgehead atoms. The van der Waals surface area contributed by atoms with Gasteiger partial charge in [0.1, 0.15) is 23.7 Å². The molecular weight excluding hydrogens is 496 g/mol. The van der Waals surface area contributed by atoms with E-state index in [1.807, 2.05) is 84.9 Å². The Balaban J connectivity index is 1.73. The van der Waals surface area contributed by atoms with Crippen LogP contribution in [0.3, 0.4) is 0 Å². The fraction of sp³-hybridized carbons (Fsp3) is 0.312. The summed E-state index contributed by atoms with van der Waals surface area (Å²) >= 11 is 0. The summed E-state index contributed by atoms with van der Waals surface area (Å²) in [5.74, 6) is 0.364. The van der Waals surface area contributed by atoms with Crippen molar-refractivity contribution in [3.05, 3.63) is 108 Å². The van der Waals surface area contributed by atoms with Crippen LogP contribution in [-0.4, -0.2) is 44.5 Å². The van der Waals surface area contributed by atoms with Crippen LogP contribution < -0.4 is 9.47 Å². The third-order valence-electron chi connectivity index (χ3n) is 6.29. The van der Waals surface area contributed by atoms with Gasteiger partial charge in [-0.3, -0.25) is 9.59 Å². The summed E-state index contributed by atoms with van der Waals surface area (Å²) in [6, 6.07) is 25.6. The van der Waals surface area contributed by atoms with Gasteiger partial charge in [-0.1, -0.05) is 66.7 Å². The maximum atomic E-state index is 12.3. The number of benzene rings is 3. The second kappa shape index (κ2) is 15.3. The average molecular weight is 533 g/mol. The van der Waals surface area contributed by atoms with E-state index >= 15 is 0 Å². The smallest absolute Gasteiger partial charge is 0.306 e. The molecule has 0 aliphatic rings. The molecule has 0 radical (unpaired) electrons. The fourth-order valence-electron chi connectivity index (χ4n) is 4.29. The van der Waals surface area contributed by atoms with Crippen molar-refractivity contribution in [1.82, 2.24) is 0 Å². The summed E-state index contributed by atoms with van der Waals surface area (Å²) in [4.78, 5) is 22.8. The van der Waals surface area contributed by atoms with Gasteiger partial charge in [0.15, 0.2) is 0 Å². The van der Waals surface area contributed by atoms with E-state index in [1.165, 1.54) is 0 Å². The van der Waals surface area contributed by atoms with Crippen LogP contribution in [0.2, 0.25) is 0 Å². The number of aliphatic carboxylic acids is 1. The van der Waals surface area contributed by atoms with Gasteiger partial charge in [0.2, 0.25) is 0 Å². The predicted molar refractivity (Wildman–Crippen MR) is 149 cm³/mol. The third kappa shape index (κ3) is 8.45. The number of carbonyl (C=O) groups excluding carboxylic acids is 1. The maximum absolute atomic E-state index is 12.3. The Bertz CT molecular complexity index is 1140. The average Bonchev–Trinajstić information content (AvgIpc) is 2.97. The molecule has 3 aromatic carbocycles. The van der Waals surface area contributed by atoms with Crippen LogP contribution in [0.5, 0.6) is 11.5 Å². The van der Waals surface area contributed by atoms with Crippen molar-refractivity contribution in [1.29, 1.82) is 0 Å². The van der Waals surface area contributed by atoms with Crippen molar-refractivity contribution in [3.63, 3.8) is 0 Å². The summed E-state index contributed by atoms with van der Waals surface area (Å²) in [7, 11) is 3.27. The highest BCUT2D eigenvalue weighted by atomic mass is 16.5. The first-order valence-corrected chi connectivity index (χ1v) is 13.0. The van der Waals surface area contributed by atoms with Gasteiger partial charge in [-0.25, -0.2) is 0 Å². The minimum atomic E-state index is -0.928. The third-order valence-corrected chi connectivity index (χ3v) is 6.29. The van der Waals surface area contributed by atoms with Crippen molar-refractivity contribution in [2.75, 3.05) is 27.4 Å². The molecular formula is C32H36O7. The minimum Gasteiger partial charge on any atom is -0.497 e. The molecule has 39 heavy (non-hydrogen) atoms. The number of carboxylic acids is 1. The molecule has 206 valence electrons. The van der Waals surface area contributed by atoms with E-state index in [4.69, 9.17) is 24.1 Å². The molecule has 0 heterocycles. The summed E-state index contributed by atoms with van der Waals surface area (Å²) in [6.07, 6.45) is 5.58. The first-order valence-electron chi connectivity index (χ1n) is 13.0. The zero-order chi connectivity index (χ0) is 27.9. The van der Waals surface area contributed by atoms with E-state index in [0.29, 0.717) is 25.9 Å². The Morgan fingerprint density at radius 3 is 1.85 bits per heavy atom. The van der Waals surface area contributed by atoms with E-state index in [9.17, 15) is 9.59 Å². The molecule has 3 rings (SSSR count). The Morgan fingerprint density at radius 1 is 0.744 bits per heavy atom. The molecule has 0 amide bonds. The molecule has 0 saturated heterocycles. The predicted octanol–water partition coefficient (Wildman–Crippen LogP) is 6.15. The van der Waals surface area contributed by atoms with Gasteiger partial charge in [-0.2, -0.15) is 0 Å². The molecule has 1 N–H and O–H groups in total. The molecule has 7 nitrogen and oxygen atoms in total. The molecule has 0 aliphatic carbocycles. The number of carbonyl (C=O) groups is 2. The SMILES string of the molecule is COc1ccc(C(OCCCC(=O)OC/C=C/CCCC(=O)O)(c2ccccc2)c2ccc(OC)cc2)cc1. The topological polar surface area (TPSA) is 91.3 Å². The Morgan fingerprint density at radius 2 is 1.31 bits per heavy atom. The van der Waals surface area contributed by atoms with Crippen LogP contribution in [-0.2, 0) is 24.7 Å². The van der Waals surface area contributed by atoms with Gasteiger partial charge < -0.3 is 24.1 Å². The van der Waals surface area contributed by atoms with Crippen LogP contribution in [0.1, 0.15) is 48.8 Å². The van der Waals surface area contributed by atoms with Crippen molar-refractivity contribution in [3.8, 4) is 11.5 Å². The van der Waals surface area contributed by atoms with E-state index in [1.54, 1.807) is 20.3 Å². The largest absolute Gasteiger partial charge is 0.497 e. The van der Waals surface area contributed by atoms with Crippen LogP contribution >= 0.6 is 0 Å². The summed E-state index contributed by atoms with van der Waals surface area (Å²) in [6.45, 7) is 0.478. The lowest BCUT2D eigenvalue weighted by Gasteiger charge is -2.36. The zero-order valence-electron chi connectivity index (χ0n) is 22.5. The molecule has 7 heteroatoms. The van der Waals surface area contributed by atoms with Gasteiger partial charge in [-0.15, -0.1) is 0 Å². The van der Waals surface area contributed by atoms with E-state index in [0.717, 1.165) is 28.2 Å². The van der Waals surface area contributed by atoms with Crippen LogP contribution in [0.4, 0.5) is 0 Å². The first kappa shape index (κ1) is 29.5. The Hall–Kier alpha value is -4.10. The molecule has 0 atom stereocenters. The van der Waals surface area contributed by atoms with Gasteiger partial charge in [0.05, 0.1) is 14.2 Å². The van der Waals surface area contributed by atoms with Gasteiger partial charge in [0, 0.05) is 19.4 Å². The molecule has 0 aromatic heterocycles. The lowest BCUT2D eigenvalue weighted by atomic mass is 9.80. The number of hydrogen-bond acceptors (Lipinski definition) is 6. The highest BCUT2D eigenvalue weighted by molar-refractivity contribution is 5.69. The van der Waals surface area contributed by atoms with E-state index < -0.39 is 11.6 Å². The Kier molecular flexibility index (Phi) is 11.6. The number of methoxy groups -OCH3 is 2. The fourth-order valence-corrected chi connectivity index (χ4v) is 4.29. The molecule has 3 aromatic rings. The van der Waals surface area contributed by atoms with Crippen molar-refractivity contribution in [2.45, 2.75) is 37.7 Å². The monoisotopic (exact) mass is 532 g/mol.